The molecule has 2 unspecified atom stereocenters. The molecule has 1 aliphatic rings. The first-order valence-corrected chi connectivity index (χ1v) is 19.1. The van der Waals surface area contributed by atoms with Crippen LogP contribution in [0.15, 0.2) is 60.7 Å². The van der Waals surface area contributed by atoms with Gasteiger partial charge >= 0.3 is 5.97 Å². The first-order chi connectivity index (χ1) is 25.1. The Bertz CT molecular complexity index is 1480. The summed E-state index contributed by atoms with van der Waals surface area (Å²) in [6.45, 7) is 8.10. The number of nitrogens with one attached hydrogen (secondary N) is 3. The van der Waals surface area contributed by atoms with Gasteiger partial charge in [-0.15, -0.1) is 0 Å². The van der Waals surface area contributed by atoms with E-state index in [0.717, 1.165) is 30.4 Å². The van der Waals surface area contributed by atoms with Gasteiger partial charge in [-0.05, 0) is 61.5 Å². The predicted molar refractivity (Wildman–Crippen MR) is 204 cm³/mol. The molecular weight excluding hydrogens is 674 g/mol. The maximum atomic E-state index is 14.9. The van der Waals surface area contributed by atoms with Gasteiger partial charge in [-0.3, -0.25) is 24.0 Å². The zero-order chi connectivity index (χ0) is 39.1. The van der Waals surface area contributed by atoms with E-state index in [0.29, 0.717) is 31.7 Å². The normalized spacial score (nSPS) is 17.5. The molecule has 2 aromatic rings. The summed E-state index contributed by atoms with van der Waals surface area (Å²) in [5.41, 5.74) is 13.0. The van der Waals surface area contributed by atoms with Gasteiger partial charge in [-0.2, -0.15) is 0 Å². The molecule has 292 valence electrons. The summed E-state index contributed by atoms with van der Waals surface area (Å²) in [6, 6.07) is 15.1. The highest BCUT2D eigenvalue weighted by atomic mass is 16.4. The molecule has 2 aromatic carbocycles. The van der Waals surface area contributed by atoms with Gasteiger partial charge in [0.2, 0.25) is 17.7 Å². The molecule has 3 rings (SSSR count). The van der Waals surface area contributed by atoms with Gasteiger partial charge in [-0.25, -0.2) is 0 Å². The van der Waals surface area contributed by atoms with Gasteiger partial charge in [-0.1, -0.05) is 108 Å². The Morgan fingerprint density at radius 1 is 0.811 bits per heavy atom. The van der Waals surface area contributed by atoms with Gasteiger partial charge in [0, 0.05) is 12.5 Å². The molecule has 53 heavy (non-hydrogen) atoms. The van der Waals surface area contributed by atoms with Gasteiger partial charge in [0.25, 0.3) is 0 Å². The van der Waals surface area contributed by atoms with Crippen LogP contribution in [-0.4, -0.2) is 76.0 Å². The quantitative estimate of drug-likeness (QED) is 0.100. The molecule has 0 saturated heterocycles. The average Bonchev–Trinajstić information content (AvgIpc) is 3.11. The molecule has 0 aromatic heterocycles. The largest absolute Gasteiger partial charge is 0.481 e. The average molecular weight is 736 g/mol. The highest BCUT2D eigenvalue weighted by Gasteiger charge is 2.43. The van der Waals surface area contributed by atoms with E-state index in [1.807, 2.05) is 88.4 Å². The van der Waals surface area contributed by atoms with Crippen LogP contribution in [0.3, 0.4) is 0 Å². The number of Topliss-reactive ketones (excluding diaryl/α,β-unsaturated/α-hetero) is 1. The first-order valence-electron chi connectivity index (χ1n) is 19.1. The Hall–Kier alpha value is -4.13. The van der Waals surface area contributed by atoms with E-state index < -0.39 is 77.6 Å². The molecule has 12 nitrogen and oxygen atoms in total. The smallest absolute Gasteiger partial charge is 0.305 e. The second-order valence-corrected chi connectivity index (χ2v) is 15.5. The SMILES string of the molecule is CC(C)CCNC(=O)[C@@H](CC(O)[C@H](Cc1ccccc1)NC(=O)[C@@H](N)CC(=O)O)C(C(=O)[C@H](Cc1ccccc1)NC(=O)C1(N)CCCCC1)C(C)C. The lowest BCUT2D eigenvalue weighted by molar-refractivity contribution is -0.140. The molecule has 6 atom stereocenters. The number of benzene rings is 2. The maximum absolute atomic E-state index is 14.9. The van der Waals surface area contributed by atoms with Gasteiger partial charge in [0.1, 0.15) is 0 Å². The lowest BCUT2D eigenvalue weighted by Crippen LogP contribution is -2.60. The number of ketones is 1. The van der Waals surface area contributed by atoms with Gasteiger partial charge in [0.05, 0.1) is 42.1 Å². The highest BCUT2D eigenvalue weighted by molar-refractivity contribution is 5.96. The third-order valence-electron chi connectivity index (χ3n) is 10.3. The Labute approximate surface area is 314 Å². The lowest BCUT2D eigenvalue weighted by Gasteiger charge is -2.36. The van der Waals surface area contributed by atoms with E-state index in [1.54, 1.807) is 0 Å². The van der Waals surface area contributed by atoms with Gasteiger partial charge in [0.15, 0.2) is 5.78 Å². The van der Waals surface area contributed by atoms with Crippen molar-refractivity contribution in [1.29, 1.82) is 0 Å². The number of aliphatic carboxylic acids is 1. The summed E-state index contributed by atoms with van der Waals surface area (Å²) in [7, 11) is 0. The molecule has 12 heteroatoms. The Kier molecular flexibility index (Phi) is 17.1. The van der Waals surface area contributed by atoms with Crippen molar-refractivity contribution in [3.05, 3.63) is 71.8 Å². The molecule has 0 radical (unpaired) electrons. The van der Waals surface area contributed by atoms with Crippen LogP contribution in [0, 0.1) is 23.7 Å². The number of nitrogens with two attached hydrogens (primary N) is 2. The summed E-state index contributed by atoms with van der Waals surface area (Å²) in [4.78, 5) is 67.3. The molecule has 1 aliphatic carbocycles. The van der Waals surface area contributed by atoms with Crippen LogP contribution in [0.25, 0.3) is 0 Å². The van der Waals surface area contributed by atoms with Crippen LogP contribution >= 0.6 is 0 Å². The fourth-order valence-electron chi connectivity index (χ4n) is 7.19. The molecule has 9 N–H and O–H groups in total. The maximum Gasteiger partial charge on any atom is 0.305 e. The third-order valence-corrected chi connectivity index (χ3v) is 10.3. The monoisotopic (exact) mass is 735 g/mol. The van der Waals surface area contributed by atoms with Crippen molar-refractivity contribution >= 4 is 29.5 Å². The number of carboxylic acids is 1. The molecule has 0 bridgehead atoms. The number of hydrogen-bond acceptors (Lipinski definition) is 8. The molecule has 0 spiro atoms. The summed E-state index contributed by atoms with van der Waals surface area (Å²) < 4.78 is 0. The van der Waals surface area contributed by atoms with Crippen LogP contribution in [0.4, 0.5) is 0 Å². The molecule has 1 saturated carbocycles. The van der Waals surface area contributed by atoms with Crippen molar-refractivity contribution in [1.82, 2.24) is 16.0 Å². The van der Waals surface area contributed by atoms with E-state index in [2.05, 4.69) is 16.0 Å². The van der Waals surface area contributed by atoms with Crippen molar-refractivity contribution in [2.45, 2.75) is 122 Å². The fraction of sp³-hybridized carbons (Fsp3) is 0.585. The minimum atomic E-state index is -1.37. The van der Waals surface area contributed by atoms with Crippen molar-refractivity contribution in [3.8, 4) is 0 Å². The van der Waals surface area contributed by atoms with E-state index in [9.17, 15) is 34.2 Å². The second kappa shape index (κ2) is 20.9. The van der Waals surface area contributed by atoms with E-state index in [-0.39, 0.29) is 25.0 Å². The number of rotatable bonds is 21. The van der Waals surface area contributed by atoms with Crippen molar-refractivity contribution in [2.24, 2.45) is 35.1 Å². The molecule has 1 fully saturated rings. The standard InChI is InChI=1S/C41H61N5O7/c1-26(2)18-21-44-38(51)30(24-34(47)32(22-28-14-8-5-9-15-28)45-39(52)31(42)25-35(48)49)36(27(3)4)37(50)33(23-29-16-10-6-11-17-29)46-40(53)41(43)19-12-7-13-20-41/h5-6,8-11,14-17,26-27,30-34,36,47H,7,12-13,18-25,42-43H2,1-4H3,(H,44,51)(H,45,52)(H,46,53)(H,48,49)/t30-,31-,32-,33-,34?,36?/m0/s1. The predicted octanol–water partition coefficient (Wildman–Crippen LogP) is 3.28. The van der Waals surface area contributed by atoms with E-state index in [1.165, 1.54) is 0 Å². The summed E-state index contributed by atoms with van der Waals surface area (Å²) in [5.74, 6) is -5.25. The Morgan fingerprint density at radius 2 is 1.38 bits per heavy atom. The number of carbonyl (C=O) groups is 5. The van der Waals surface area contributed by atoms with Crippen LogP contribution in [0.2, 0.25) is 0 Å². The molecular formula is C41H61N5O7. The number of carbonyl (C=O) groups excluding carboxylic acids is 4. The molecule has 0 aliphatic heterocycles. The first kappa shape index (κ1) is 43.3. The third kappa shape index (κ3) is 13.7. The summed E-state index contributed by atoms with van der Waals surface area (Å²) >= 11 is 0. The summed E-state index contributed by atoms with van der Waals surface area (Å²) in [6.07, 6.45) is 2.51. The van der Waals surface area contributed by atoms with Gasteiger partial charge < -0.3 is 37.6 Å². The zero-order valence-electron chi connectivity index (χ0n) is 31.8. The van der Waals surface area contributed by atoms with Crippen LogP contribution < -0.4 is 27.4 Å². The van der Waals surface area contributed by atoms with E-state index >= 15 is 0 Å². The van der Waals surface area contributed by atoms with Crippen LogP contribution in [0.5, 0.6) is 0 Å². The Balaban J connectivity index is 2.02. The number of aliphatic hydroxyl groups is 1. The number of amides is 3. The zero-order valence-corrected chi connectivity index (χ0v) is 31.8. The fourth-order valence-corrected chi connectivity index (χ4v) is 7.19. The van der Waals surface area contributed by atoms with Crippen LogP contribution in [0.1, 0.15) is 90.2 Å². The topological polar surface area (TPSA) is 214 Å². The number of carboxylic acid groups (broad SMARTS) is 1. The van der Waals surface area contributed by atoms with E-state index in [4.69, 9.17) is 11.5 Å². The summed E-state index contributed by atoms with van der Waals surface area (Å²) in [5, 5.41) is 29.8. The lowest BCUT2D eigenvalue weighted by atomic mass is 9.73. The minimum absolute atomic E-state index is 0.154. The molecule has 0 heterocycles. The molecule has 3 amide bonds. The van der Waals surface area contributed by atoms with Crippen molar-refractivity contribution in [3.63, 3.8) is 0 Å². The van der Waals surface area contributed by atoms with Crippen LogP contribution in [-0.2, 0) is 36.8 Å². The van der Waals surface area contributed by atoms with Crippen molar-refractivity contribution < 1.29 is 34.2 Å². The number of aliphatic hydroxyl groups excluding tert-OH is 1. The highest BCUT2D eigenvalue weighted by Crippen LogP contribution is 2.31. The van der Waals surface area contributed by atoms with Crippen molar-refractivity contribution in [2.75, 3.05) is 6.54 Å². The second-order valence-electron chi connectivity index (χ2n) is 15.5. The number of hydrogen-bond donors (Lipinski definition) is 7. The minimum Gasteiger partial charge on any atom is -0.481 e. The Morgan fingerprint density at radius 3 is 1.91 bits per heavy atom.